The van der Waals surface area contributed by atoms with Crippen LogP contribution >= 0.6 is 0 Å². The van der Waals surface area contributed by atoms with E-state index in [1.54, 1.807) is 0 Å². The normalized spacial score (nSPS) is 20.9. The maximum absolute atomic E-state index is 10.6. The molecular weight excluding hydrogens is 274 g/mol. The minimum Gasteiger partial charge on any atom is -0.387 e. The van der Waals surface area contributed by atoms with Gasteiger partial charge in [-0.3, -0.25) is 9.58 Å². The quantitative estimate of drug-likeness (QED) is 0.943. The molecule has 0 fully saturated rings. The second-order valence-corrected chi connectivity index (χ2v) is 6.70. The predicted molar refractivity (Wildman–Crippen MR) is 87.7 cm³/mol. The van der Waals surface area contributed by atoms with E-state index >= 15 is 0 Å². The molecule has 1 aromatic heterocycles. The first-order valence-electron chi connectivity index (χ1n) is 7.96. The van der Waals surface area contributed by atoms with Crippen molar-refractivity contribution in [3.05, 3.63) is 52.8 Å². The van der Waals surface area contributed by atoms with Crippen LogP contribution in [0.15, 0.2) is 30.5 Å². The standard InChI is InChI=1S/C18H25N3O/c1-12(2)17-14(11-21(4)19-17)10-20(3)16-9-13-7-5-6-8-15(13)18(16)22/h5-8,11-12,16,18,22H,9-10H2,1-4H3/t16-,18+/m1/s1. The fourth-order valence-corrected chi connectivity index (χ4v) is 3.50. The van der Waals surface area contributed by atoms with E-state index < -0.39 is 6.10 Å². The van der Waals surface area contributed by atoms with Crippen molar-refractivity contribution in [3.63, 3.8) is 0 Å². The van der Waals surface area contributed by atoms with Gasteiger partial charge >= 0.3 is 0 Å². The summed E-state index contributed by atoms with van der Waals surface area (Å²) < 4.78 is 1.89. The number of hydrogen-bond acceptors (Lipinski definition) is 3. The summed E-state index contributed by atoms with van der Waals surface area (Å²) in [5.74, 6) is 0.412. The Hall–Kier alpha value is -1.65. The second kappa shape index (κ2) is 5.86. The van der Waals surface area contributed by atoms with Crippen LogP contribution in [0.2, 0.25) is 0 Å². The minimum atomic E-state index is -0.402. The summed E-state index contributed by atoms with van der Waals surface area (Å²) >= 11 is 0. The zero-order chi connectivity index (χ0) is 15.9. The monoisotopic (exact) mass is 299 g/mol. The Morgan fingerprint density at radius 2 is 2.09 bits per heavy atom. The van der Waals surface area contributed by atoms with Gasteiger partial charge in [-0.15, -0.1) is 0 Å². The zero-order valence-electron chi connectivity index (χ0n) is 13.8. The van der Waals surface area contributed by atoms with Crippen molar-refractivity contribution in [1.29, 1.82) is 0 Å². The molecule has 3 rings (SSSR count). The molecule has 0 bridgehead atoms. The van der Waals surface area contributed by atoms with Crippen molar-refractivity contribution < 1.29 is 5.11 Å². The molecule has 2 atom stereocenters. The number of likely N-dealkylation sites (N-methyl/N-ethyl adjacent to an activating group) is 1. The lowest BCUT2D eigenvalue weighted by Crippen LogP contribution is -2.34. The molecule has 1 heterocycles. The third-order valence-electron chi connectivity index (χ3n) is 4.64. The first-order valence-corrected chi connectivity index (χ1v) is 7.96. The molecule has 118 valence electrons. The van der Waals surface area contributed by atoms with Gasteiger partial charge < -0.3 is 5.11 Å². The van der Waals surface area contributed by atoms with Gasteiger partial charge in [0.15, 0.2) is 0 Å². The smallest absolute Gasteiger partial charge is 0.0951 e. The average Bonchev–Trinajstić information content (AvgIpc) is 3.00. The van der Waals surface area contributed by atoms with E-state index in [1.807, 2.05) is 29.9 Å². The summed E-state index contributed by atoms with van der Waals surface area (Å²) in [7, 11) is 4.06. The lowest BCUT2D eigenvalue weighted by atomic mass is 10.0. The third-order valence-corrected chi connectivity index (χ3v) is 4.64. The van der Waals surface area contributed by atoms with Gasteiger partial charge in [-0.2, -0.15) is 5.10 Å². The topological polar surface area (TPSA) is 41.3 Å². The number of nitrogens with zero attached hydrogens (tertiary/aromatic N) is 3. The molecule has 0 radical (unpaired) electrons. The summed E-state index contributed by atoms with van der Waals surface area (Å²) in [4.78, 5) is 2.26. The molecule has 22 heavy (non-hydrogen) atoms. The van der Waals surface area contributed by atoms with E-state index in [1.165, 1.54) is 11.1 Å². The van der Waals surface area contributed by atoms with E-state index in [4.69, 9.17) is 0 Å². The molecule has 0 saturated heterocycles. The molecular formula is C18H25N3O. The second-order valence-electron chi connectivity index (χ2n) is 6.70. The molecule has 0 spiro atoms. The van der Waals surface area contributed by atoms with Gasteiger partial charge in [0.05, 0.1) is 11.8 Å². The number of hydrogen-bond donors (Lipinski definition) is 1. The number of benzene rings is 1. The van der Waals surface area contributed by atoms with Crippen LogP contribution in [-0.4, -0.2) is 32.9 Å². The summed E-state index contributed by atoms with van der Waals surface area (Å²) in [5, 5.41) is 15.2. The Morgan fingerprint density at radius 3 is 2.77 bits per heavy atom. The number of aromatic nitrogens is 2. The number of aryl methyl sites for hydroxylation is 1. The van der Waals surface area contributed by atoms with Crippen LogP contribution in [0.25, 0.3) is 0 Å². The molecule has 1 aliphatic rings. The molecule has 0 aliphatic heterocycles. The number of fused-ring (bicyclic) bond motifs is 1. The molecule has 4 nitrogen and oxygen atoms in total. The van der Waals surface area contributed by atoms with Crippen molar-refractivity contribution in [2.45, 2.75) is 44.9 Å². The van der Waals surface area contributed by atoms with Crippen LogP contribution in [0, 0.1) is 0 Å². The van der Waals surface area contributed by atoms with Crippen LogP contribution in [0.3, 0.4) is 0 Å². The van der Waals surface area contributed by atoms with Gasteiger partial charge in [-0.25, -0.2) is 0 Å². The number of aliphatic hydroxyl groups excluding tert-OH is 1. The number of aliphatic hydroxyl groups is 1. The van der Waals surface area contributed by atoms with Gasteiger partial charge in [-0.1, -0.05) is 38.1 Å². The molecule has 0 saturated carbocycles. The lowest BCUT2D eigenvalue weighted by molar-refractivity contribution is 0.0719. The minimum absolute atomic E-state index is 0.137. The van der Waals surface area contributed by atoms with Gasteiger partial charge in [-0.05, 0) is 30.5 Å². The molecule has 1 N–H and O–H groups in total. The van der Waals surface area contributed by atoms with Gasteiger partial charge in [0.1, 0.15) is 0 Å². The highest BCUT2D eigenvalue weighted by Gasteiger charge is 2.33. The van der Waals surface area contributed by atoms with Crippen LogP contribution in [-0.2, 0) is 20.0 Å². The fourth-order valence-electron chi connectivity index (χ4n) is 3.50. The first-order chi connectivity index (χ1) is 10.5. The van der Waals surface area contributed by atoms with Crippen LogP contribution in [0.4, 0.5) is 0 Å². The van der Waals surface area contributed by atoms with Crippen molar-refractivity contribution in [3.8, 4) is 0 Å². The summed E-state index contributed by atoms with van der Waals surface area (Å²) in [6.07, 6.45) is 2.60. The van der Waals surface area contributed by atoms with E-state index in [0.717, 1.165) is 24.2 Å². The highest BCUT2D eigenvalue weighted by atomic mass is 16.3. The lowest BCUT2D eigenvalue weighted by Gasteiger charge is -2.27. The van der Waals surface area contributed by atoms with Crippen LogP contribution in [0.1, 0.15) is 48.3 Å². The molecule has 1 aliphatic carbocycles. The summed E-state index contributed by atoms with van der Waals surface area (Å²) in [6, 6.07) is 8.35. The largest absolute Gasteiger partial charge is 0.387 e. The maximum Gasteiger partial charge on any atom is 0.0951 e. The summed E-state index contributed by atoms with van der Waals surface area (Å²) in [6.45, 7) is 5.16. The maximum atomic E-state index is 10.6. The van der Waals surface area contributed by atoms with Gasteiger partial charge in [0.25, 0.3) is 0 Å². The van der Waals surface area contributed by atoms with Crippen molar-refractivity contribution in [2.24, 2.45) is 7.05 Å². The fraction of sp³-hybridized carbons (Fsp3) is 0.500. The molecule has 0 unspecified atom stereocenters. The predicted octanol–water partition coefficient (Wildman–Crippen LogP) is 2.63. The average molecular weight is 299 g/mol. The Bertz CT molecular complexity index is 662. The van der Waals surface area contributed by atoms with E-state index in [9.17, 15) is 5.11 Å². The van der Waals surface area contributed by atoms with E-state index in [2.05, 4.69) is 43.2 Å². The van der Waals surface area contributed by atoms with Crippen molar-refractivity contribution in [2.75, 3.05) is 7.05 Å². The Labute approximate surface area is 132 Å². The molecule has 4 heteroatoms. The van der Waals surface area contributed by atoms with Crippen LogP contribution < -0.4 is 0 Å². The van der Waals surface area contributed by atoms with Crippen LogP contribution in [0.5, 0.6) is 0 Å². The molecule has 0 amide bonds. The Kier molecular flexibility index (Phi) is 4.06. The van der Waals surface area contributed by atoms with E-state index in [-0.39, 0.29) is 6.04 Å². The van der Waals surface area contributed by atoms with Gasteiger partial charge in [0, 0.05) is 31.4 Å². The van der Waals surface area contributed by atoms with Crippen molar-refractivity contribution >= 4 is 0 Å². The molecule has 2 aromatic rings. The number of rotatable bonds is 4. The Morgan fingerprint density at radius 1 is 1.36 bits per heavy atom. The third kappa shape index (κ3) is 2.69. The first kappa shape index (κ1) is 15.3. The summed E-state index contributed by atoms with van der Waals surface area (Å²) in [5.41, 5.74) is 4.75. The highest BCUT2D eigenvalue weighted by Crippen LogP contribution is 2.34. The Balaban J connectivity index is 1.78. The zero-order valence-corrected chi connectivity index (χ0v) is 13.8. The highest BCUT2D eigenvalue weighted by molar-refractivity contribution is 5.36. The van der Waals surface area contributed by atoms with E-state index in [0.29, 0.717) is 5.92 Å². The molecule has 1 aromatic carbocycles. The van der Waals surface area contributed by atoms with Crippen molar-refractivity contribution in [1.82, 2.24) is 14.7 Å². The van der Waals surface area contributed by atoms with Gasteiger partial charge in [0.2, 0.25) is 0 Å². The SMILES string of the molecule is CC(C)c1nn(C)cc1CN(C)[C@@H]1Cc2ccccc2[C@@H]1O.